The van der Waals surface area contributed by atoms with Crippen LogP contribution in [-0.2, 0) is 4.79 Å². The van der Waals surface area contributed by atoms with E-state index in [1.165, 1.54) is 43.4 Å². The molecule has 2 amide bonds. The molecule has 0 saturated carbocycles. The van der Waals surface area contributed by atoms with Gasteiger partial charge in [0.05, 0.1) is 14.2 Å². The number of anilines is 2. The number of aromatic nitrogens is 1. The molecule has 0 aliphatic carbocycles. The Bertz CT molecular complexity index is 1620. The van der Waals surface area contributed by atoms with Gasteiger partial charge in [-0.15, -0.1) is 0 Å². The lowest BCUT2D eigenvalue weighted by atomic mass is 9.87. The summed E-state index contributed by atoms with van der Waals surface area (Å²) in [5.74, 6) is -3.48. The third kappa shape index (κ3) is 5.65. The van der Waals surface area contributed by atoms with Crippen molar-refractivity contribution in [3.8, 4) is 17.2 Å². The first kappa shape index (κ1) is 31.4. The van der Waals surface area contributed by atoms with Gasteiger partial charge < -0.3 is 24.4 Å². The van der Waals surface area contributed by atoms with Crippen molar-refractivity contribution < 1.29 is 41.4 Å². The van der Waals surface area contributed by atoms with E-state index in [1.807, 2.05) is 0 Å². The number of carbonyl (C=O) groups excluding carboxylic acids is 2. The Kier molecular flexibility index (Phi) is 8.40. The number of carbonyl (C=O) groups is 2. The highest BCUT2D eigenvalue weighted by Crippen LogP contribution is 2.42. The number of amides is 2. The fourth-order valence-electron chi connectivity index (χ4n) is 6.85. The Morgan fingerprint density at radius 2 is 1.57 bits per heavy atom. The molecule has 3 aromatic rings. The van der Waals surface area contributed by atoms with E-state index in [9.17, 15) is 18.4 Å². The van der Waals surface area contributed by atoms with Gasteiger partial charge in [-0.05, 0) is 44.7 Å². The largest absolute Gasteiger partial charge is 0.497 e. The van der Waals surface area contributed by atoms with Gasteiger partial charge in [0.2, 0.25) is 0 Å². The van der Waals surface area contributed by atoms with Crippen LogP contribution in [0.25, 0.3) is 0 Å². The molecule has 1 unspecified atom stereocenters. The van der Waals surface area contributed by atoms with Gasteiger partial charge in [0.15, 0.2) is 0 Å². The molecule has 1 aromatic heterocycles. The summed E-state index contributed by atoms with van der Waals surface area (Å²) in [7, 11) is 4.84. The Morgan fingerprint density at radius 3 is 2.13 bits per heavy atom. The number of nitrogens with one attached hydrogen (secondary N) is 1. The number of alkyl halides is 2. The van der Waals surface area contributed by atoms with Crippen molar-refractivity contribution in [2.75, 3.05) is 44.2 Å². The smallest absolute Gasteiger partial charge is 0.387 e. The minimum absolute atomic E-state index is 0.0192. The van der Waals surface area contributed by atoms with Crippen LogP contribution in [0.4, 0.5) is 29.2 Å². The topological polar surface area (TPSA) is 96.5 Å². The lowest BCUT2D eigenvalue weighted by Gasteiger charge is -2.33. The molecule has 3 aliphatic rings. The highest BCUT2D eigenvalue weighted by atomic mass is 19.3. The summed E-state index contributed by atoms with van der Waals surface area (Å²) >= 11 is 0. The molecule has 10 nitrogen and oxygen atoms in total. The first-order valence-corrected chi connectivity index (χ1v) is 14.7. The van der Waals surface area contributed by atoms with Gasteiger partial charge in [-0.25, -0.2) is 13.8 Å². The zero-order chi connectivity index (χ0) is 32.9. The summed E-state index contributed by atoms with van der Waals surface area (Å²) in [6, 6.07) is 8.52. The first-order chi connectivity index (χ1) is 22.0. The maximum atomic E-state index is 15.6. The molecule has 0 spiro atoms. The average molecular weight is 644 g/mol. The van der Waals surface area contributed by atoms with Crippen LogP contribution in [0.2, 0.25) is 0 Å². The molecule has 3 saturated heterocycles. The van der Waals surface area contributed by atoms with E-state index < -0.39 is 53.6 Å². The number of benzene rings is 2. The fourth-order valence-corrected chi connectivity index (χ4v) is 6.85. The normalized spacial score (nSPS) is 24.2. The molecule has 3 aliphatic heterocycles. The van der Waals surface area contributed by atoms with Crippen molar-refractivity contribution in [3.05, 3.63) is 71.3 Å². The summed E-state index contributed by atoms with van der Waals surface area (Å²) in [4.78, 5) is 38.2. The average Bonchev–Trinajstić information content (AvgIpc) is 3.67. The maximum absolute atomic E-state index is 15.6. The maximum Gasteiger partial charge on any atom is 0.387 e. The summed E-state index contributed by atoms with van der Waals surface area (Å²) < 4.78 is 71.3. The zero-order valence-corrected chi connectivity index (χ0v) is 25.5. The lowest BCUT2D eigenvalue weighted by molar-refractivity contribution is -0.118. The summed E-state index contributed by atoms with van der Waals surface area (Å²) in [6.45, 7) is 0.182. The number of hydrogen-bond acceptors (Lipinski definition) is 8. The highest BCUT2D eigenvalue weighted by Gasteiger charge is 2.51. The molecule has 2 aromatic carbocycles. The van der Waals surface area contributed by atoms with Gasteiger partial charge in [0, 0.05) is 72.5 Å². The quantitative estimate of drug-likeness (QED) is 0.347. The number of hydrogen-bond donors (Lipinski definition) is 1. The van der Waals surface area contributed by atoms with Crippen molar-refractivity contribution in [2.45, 2.75) is 50.0 Å². The minimum atomic E-state index is -3.05. The van der Waals surface area contributed by atoms with Gasteiger partial charge in [-0.1, -0.05) is 0 Å². The standard InChI is InChI=1S/C32H33F4N5O5/c1-16-27(28-23(33)10-21(44-3)11-24(28)34)29(38-30(42)17-5-7-20(8-6-17)46-32(35)36)31(43)41(16)26-13-22(45-4)12-25(37-26)40-15-18-9-19(40)14-39(18)2/h5-8,10-13,16,18-19,27,29,32H,9,14-15H2,1-4H3,(H,38,42)/t16-,18+,19+,27+,29?/m1/s1. The van der Waals surface area contributed by atoms with E-state index in [0.29, 0.717) is 17.6 Å². The van der Waals surface area contributed by atoms with Crippen LogP contribution in [0.1, 0.15) is 35.2 Å². The number of rotatable bonds is 9. The Labute approximate surface area is 262 Å². The first-order valence-electron chi connectivity index (χ1n) is 14.7. The van der Waals surface area contributed by atoms with E-state index in [4.69, 9.17) is 14.5 Å². The minimum Gasteiger partial charge on any atom is -0.497 e. The van der Waals surface area contributed by atoms with Crippen molar-refractivity contribution >= 4 is 23.5 Å². The van der Waals surface area contributed by atoms with Crippen molar-refractivity contribution in [2.24, 2.45) is 0 Å². The van der Waals surface area contributed by atoms with Crippen LogP contribution in [-0.4, -0.2) is 86.8 Å². The number of fused-ring (bicyclic) bond motifs is 2. The second-order valence-corrected chi connectivity index (χ2v) is 11.7. The molecule has 5 atom stereocenters. The number of likely N-dealkylation sites (tertiary alicyclic amines) is 1. The summed E-state index contributed by atoms with van der Waals surface area (Å²) in [5, 5.41) is 2.63. The second kappa shape index (κ2) is 12.3. The number of halogens is 4. The molecule has 2 bridgehead atoms. The second-order valence-electron chi connectivity index (χ2n) is 11.7. The number of piperazine rings is 1. The van der Waals surface area contributed by atoms with E-state index in [1.54, 1.807) is 19.1 Å². The lowest BCUT2D eigenvalue weighted by Crippen LogP contribution is -2.45. The van der Waals surface area contributed by atoms with Crippen LogP contribution in [0.3, 0.4) is 0 Å². The molecule has 6 rings (SSSR count). The zero-order valence-electron chi connectivity index (χ0n) is 25.5. The van der Waals surface area contributed by atoms with Gasteiger partial charge in [-0.2, -0.15) is 8.78 Å². The van der Waals surface area contributed by atoms with Gasteiger partial charge >= 0.3 is 6.61 Å². The molecule has 0 radical (unpaired) electrons. The third-order valence-corrected chi connectivity index (χ3v) is 9.10. The van der Waals surface area contributed by atoms with E-state index >= 15 is 8.78 Å². The predicted molar refractivity (Wildman–Crippen MR) is 160 cm³/mol. The monoisotopic (exact) mass is 643 g/mol. The fraction of sp³-hybridized carbons (Fsp3) is 0.406. The van der Waals surface area contributed by atoms with Gasteiger partial charge in [0.1, 0.15) is 46.6 Å². The molecule has 244 valence electrons. The molecule has 46 heavy (non-hydrogen) atoms. The molecule has 1 N–H and O–H groups in total. The molecule has 14 heteroatoms. The number of pyridine rings is 1. The van der Waals surface area contributed by atoms with E-state index in [0.717, 1.165) is 31.6 Å². The predicted octanol–water partition coefficient (Wildman–Crippen LogP) is 4.19. The Morgan fingerprint density at radius 1 is 0.935 bits per heavy atom. The highest BCUT2D eigenvalue weighted by molar-refractivity contribution is 6.05. The van der Waals surface area contributed by atoms with Crippen LogP contribution in [0.5, 0.6) is 17.2 Å². The third-order valence-electron chi connectivity index (χ3n) is 9.10. The van der Waals surface area contributed by atoms with Crippen LogP contribution < -0.4 is 29.3 Å². The van der Waals surface area contributed by atoms with Crippen molar-refractivity contribution in [1.82, 2.24) is 15.2 Å². The van der Waals surface area contributed by atoms with E-state index in [-0.39, 0.29) is 28.9 Å². The molecule has 3 fully saturated rings. The molecular formula is C32H33F4N5O5. The SMILES string of the molecule is COc1cc(N2C[C@@H]3C[C@H]2CN3C)nc(N2C(=O)C(NC(=O)c3ccc(OC(F)F)cc3)[C@H](c3c(F)cc(OC)cc3F)[C@H]2C)c1. The van der Waals surface area contributed by atoms with Gasteiger partial charge in [-0.3, -0.25) is 19.4 Å². The van der Waals surface area contributed by atoms with Gasteiger partial charge in [0.25, 0.3) is 11.8 Å². The van der Waals surface area contributed by atoms with Crippen LogP contribution in [0.15, 0.2) is 48.5 Å². The molecular weight excluding hydrogens is 610 g/mol. The number of likely N-dealkylation sites (N-methyl/N-ethyl adjacent to an activating group) is 1. The van der Waals surface area contributed by atoms with Crippen molar-refractivity contribution in [1.29, 1.82) is 0 Å². The van der Waals surface area contributed by atoms with Crippen molar-refractivity contribution in [3.63, 3.8) is 0 Å². The number of ether oxygens (including phenoxy) is 3. The van der Waals surface area contributed by atoms with Crippen LogP contribution in [0, 0.1) is 11.6 Å². The summed E-state index contributed by atoms with van der Waals surface area (Å²) in [6.07, 6.45) is 0.977. The number of nitrogens with zero attached hydrogens (tertiary/aromatic N) is 4. The summed E-state index contributed by atoms with van der Waals surface area (Å²) in [5.41, 5.74) is -0.385. The Balaban J connectivity index is 1.38. The van der Waals surface area contributed by atoms with Crippen LogP contribution >= 0.6 is 0 Å². The number of methoxy groups -OCH3 is 2. The Hall–Kier alpha value is -4.59. The molecule has 4 heterocycles. The van der Waals surface area contributed by atoms with E-state index in [2.05, 4.69) is 26.9 Å².